The first-order chi connectivity index (χ1) is 16.8. The lowest BCUT2D eigenvalue weighted by molar-refractivity contribution is 0.472. The number of aromatic hydroxyl groups is 1. The number of rotatable bonds is 4. The standard InChI is InChI=1S/C29H30N4OS/c1-17-14-18(2)27(19(3)15-17)32-20(4)16-22(21(32)5)28-26(23-10-8-9-13-30-23)31-29(35)33(28)24-11-6-7-12-25(24)34/h6-16,26,28,34H,1-5H3,(H,31,35)/t26-,28+/m0/s1. The second-order valence-corrected chi connectivity index (χ2v) is 9.78. The van der Waals surface area contributed by atoms with E-state index in [1.807, 2.05) is 47.5 Å². The number of thiocarbonyl (C=S) groups is 1. The molecule has 0 amide bonds. The molecule has 1 aliphatic rings. The Morgan fingerprint density at radius 3 is 2.26 bits per heavy atom. The number of phenolic OH excluding ortho intramolecular Hbond substituents is 1. The van der Waals surface area contributed by atoms with E-state index < -0.39 is 0 Å². The van der Waals surface area contributed by atoms with Crippen LogP contribution < -0.4 is 10.2 Å². The lowest BCUT2D eigenvalue weighted by Gasteiger charge is -2.28. The molecule has 0 spiro atoms. The van der Waals surface area contributed by atoms with Crippen LogP contribution in [-0.4, -0.2) is 19.8 Å². The van der Waals surface area contributed by atoms with Gasteiger partial charge in [-0.15, -0.1) is 0 Å². The molecule has 1 saturated heterocycles. The molecular formula is C29H30N4OS. The predicted molar refractivity (Wildman–Crippen MR) is 145 cm³/mol. The highest BCUT2D eigenvalue weighted by molar-refractivity contribution is 7.80. The van der Waals surface area contributed by atoms with Crippen molar-refractivity contribution in [3.05, 3.63) is 106 Å². The molecule has 6 heteroatoms. The maximum Gasteiger partial charge on any atom is 0.174 e. The van der Waals surface area contributed by atoms with Gasteiger partial charge in [0.2, 0.25) is 0 Å². The van der Waals surface area contributed by atoms with Gasteiger partial charge in [0.25, 0.3) is 0 Å². The number of phenols is 1. The quantitative estimate of drug-likeness (QED) is 0.335. The molecule has 3 heterocycles. The van der Waals surface area contributed by atoms with Crippen LogP contribution >= 0.6 is 12.2 Å². The van der Waals surface area contributed by atoms with E-state index in [-0.39, 0.29) is 17.8 Å². The number of hydrogen-bond donors (Lipinski definition) is 2. The SMILES string of the molecule is Cc1cc(C)c(-n2c(C)cc([C@@H]3[C@H](c4ccccn4)NC(=S)N3c3ccccc3O)c2C)c(C)c1. The summed E-state index contributed by atoms with van der Waals surface area (Å²) in [5, 5.41) is 14.8. The van der Waals surface area contributed by atoms with Crippen LogP contribution in [0.5, 0.6) is 5.75 Å². The third-order valence-corrected chi connectivity index (χ3v) is 7.20. The van der Waals surface area contributed by atoms with Crippen LogP contribution in [0.25, 0.3) is 5.69 Å². The summed E-state index contributed by atoms with van der Waals surface area (Å²) in [6, 6.07) is 19.7. The van der Waals surface area contributed by atoms with Crippen molar-refractivity contribution in [2.45, 2.75) is 46.7 Å². The minimum atomic E-state index is -0.184. The predicted octanol–water partition coefficient (Wildman–Crippen LogP) is 6.30. The van der Waals surface area contributed by atoms with E-state index in [4.69, 9.17) is 12.2 Å². The molecule has 0 saturated carbocycles. The first-order valence-corrected chi connectivity index (χ1v) is 12.2. The molecular weight excluding hydrogens is 452 g/mol. The number of aromatic nitrogens is 2. The molecule has 1 aliphatic heterocycles. The Bertz CT molecular complexity index is 1400. The summed E-state index contributed by atoms with van der Waals surface area (Å²) in [4.78, 5) is 6.69. The Kier molecular flexibility index (Phi) is 5.85. The maximum atomic E-state index is 10.8. The number of benzene rings is 2. The van der Waals surface area contributed by atoms with Crippen molar-refractivity contribution >= 4 is 23.0 Å². The zero-order valence-corrected chi connectivity index (χ0v) is 21.5. The van der Waals surface area contributed by atoms with Gasteiger partial charge in [0.15, 0.2) is 5.11 Å². The third kappa shape index (κ3) is 3.88. The van der Waals surface area contributed by atoms with Crippen LogP contribution in [0.2, 0.25) is 0 Å². The van der Waals surface area contributed by atoms with E-state index in [2.05, 4.69) is 67.7 Å². The second-order valence-electron chi connectivity index (χ2n) is 9.39. The van der Waals surface area contributed by atoms with Gasteiger partial charge in [-0.3, -0.25) is 4.98 Å². The van der Waals surface area contributed by atoms with Crippen LogP contribution in [0.4, 0.5) is 5.69 Å². The van der Waals surface area contributed by atoms with Crippen LogP contribution in [0.3, 0.4) is 0 Å². The fourth-order valence-electron chi connectivity index (χ4n) is 5.55. The highest BCUT2D eigenvalue weighted by atomic mass is 32.1. The Morgan fingerprint density at radius 2 is 1.60 bits per heavy atom. The van der Waals surface area contributed by atoms with Gasteiger partial charge in [0.1, 0.15) is 5.75 Å². The second kappa shape index (κ2) is 8.86. The van der Waals surface area contributed by atoms with E-state index in [9.17, 15) is 5.11 Å². The summed E-state index contributed by atoms with van der Waals surface area (Å²) in [7, 11) is 0. The Labute approximate surface area is 212 Å². The van der Waals surface area contributed by atoms with E-state index >= 15 is 0 Å². The van der Waals surface area contributed by atoms with Crippen molar-refractivity contribution in [2.75, 3.05) is 4.90 Å². The summed E-state index contributed by atoms with van der Waals surface area (Å²) < 4.78 is 2.35. The van der Waals surface area contributed by atoms with Crippen LogP contribution in [-0.2, 0) is 0 Å². The number of pyridine rings is 1. The zero-order valence-electron chi connectivity index (χ0n) is 20.7. The first-order valence-electron chi connectivity index (χ1n) is 11.8. The van der Waals surface area contributed by atoms with Crippen molar-refractivity contribution in [1.82, 2.24) is 14.9 Å². The summed E-state index contributed by atoms with van der Waals surface area (Å²) in [6.07, 6.45) is 1.81. The van der Waals surface area contributed by atoms with Gasteiger partial charge < -0.3 is 19.9 Å². The van der Waals surface area contributed by atoms with Crippen LogP contribution in [0.1, 0.15) is 51.4 Å². The lowest BCUT2D eigenvalue weighted by Crippen LogP contribution is -2.29. The fraction of sp³-hybridized carbons (Fsp3) is 0.241. The summed E-state index contributed by atoms with van der Waals surface area (Å²) in [5.41, 5.74) is 10.0. The Hall–Kier alpha value is -3.64. The molecule has 35 heavy (non-hydrogen) atoms. The van der Waals surface area contributed by atoms with Crippen molar-refractivity contribution in [1.29, 1.82) is 0 Å². The highest BCUT2D eigenvalue weighted by Gasteiger charge is 2.43. The third-order valence-electron chi connectivity index (χ3n) is 6.89. The monoisotopic (exact) mass is 482 g/mol. The average molecular weight is 483 g/mol. The van der Waals surface area contributed by atoms with Crippen molar-refractivity contribution in [3.8, 4) is 11.4 Å². The molecule has 2 atom stereocenters. The van der Waals surface area contributed by atoms with Gasteiger partial charge in [0, 0.05) is 17.6 Å². The Morgan fingerprint density at radius 1 is 0.914 bits per heavy atom. The molecule has 0 unspecified atom stereocenters. The number of hydrogen-bond acceptors (Lipinski definition) is 3. The largest absolute Gasteiger partial charge is 0.506 e. The molecule has 4 aromatic rings. The topological polar surface area (TPSA) is 53.3 Å². The minimum absolute atomic E-state index is 0.169. The van der Waals surface area contributed by atoms with Gasteiger partial charge in [-0.25, -0.2) is 0 Å². The Balaban J connectivity index is 1.73. The van der Waals surface area contributed by atoms with Crippen molar-refractivity contribution < 1.29 is 5.11 Å². The fourth-order valence-corrected chi connectivity index (χ4v) is 5.89. The van der Waals surface area contributed by atoms with Crippen molar-refractivity contribution in [3.63, 3.8) is 0 Å². The molecule has 1 fully saturated rings. The average Bonchev–Trinajstić information content (AvgIpc) is 3.30. The molecule has 2 aromatic heterocycles. The molecule has 0 aliphatic carbocycles. The molecule has 178 valence electrons. The van der Waals surface area contributed by atoms with Gasteiger partial charge in [-0.05, 0) is 93.9 Å². The molecule has 5 rings (SSSR count). The lowest BCUT2D eigenvalue weighted by atomic mass is 9.96. The van der Waals surface area contributed by atoms with Gasteiger partial charge in [0.05, 0.1) is 29.2 Å². The molecule has 0 radical (unpaired) electrons. The van der Waals surface area contributed by atoms with E-state index in [1.54, 1.807) is 6.07 Å². The zero-order chi connectivity index (χ0) is 24.9. The number of nitrogens with zero attached hydrogens (tertiary/aromatic N) is 3. The van der Waals surface area contributed by atoms with Crippen molar-refractivity contribution in [2.24, 2.45) is 0 Å². The summed E-state index contributed by atoms with van der Waals surface area (Å²) in [6.45, 7) is 10.8. The maximum absolute atomic E-state index is 10.8. The van der Waals surface area contributed by atoms with Gasteiger partial charge in [-0.1, -0.05) is 35.9 Å². The number of anilines is 1. The number of para-hydroxylation sites is 2. The first kappa shape index (κ1) is 23.1. The molecule has 2 N–H and O–H groups in total. The van der Waals surface area contributed by atoms with Crippen LogP contribution in [0.15, 0.2) is 66.9 Å². The van der Waals surface area contributed by atoms with E-state index in [0.717, 1.165) is 22.6 Å². The molecule has 2 aromatic carbocycles. The smallest absolute Gasteiger partial charge is 0.174 e. The number of aryl methyl sites for hydroxylation is 4. The number of nitrogens with one attached hydrogen (secondary N) is 1. The van der Waals surface area contributed by atoms with Crippen LogP contribution in [0, 0.1) is 34.6 Å². The summed E-state index contributed by atoms with van der Waals surface area (Å²) in [5.74, 6) is 0.197. The minimum Gasteiger partial charge on any atom is -0.506 e. The molecule has 0 bridgehead atoms. The van der Waals surface area contributed by atoms with E-state index in [0.29, 0.717) is 10.8 Å². The normalized spacial score (nSPS) is 17.6. The van der Waals surface area contributed by atoms with E-state index in [1.165, 1.54) is 22.4 Å². The van der Waals surface area contributed by atoms with Gasteiger partial charge in [-0.2, -0.15) is 0 Å². The summed E-state index contributed by atoms with van der Waals surface area (Å²) >= 11 is 5.84. The van der Waals surface area contributed by atoms with Gasteiger partial charge >= 0.3 is 0 Å². The highest BCUT2D eigenvalue weighted by Crippen LogP contribution is 2.46. The molecule has 5 nitrogen and oxygen atoms in total.